The lowest BCUT2D eigenvalue weighted by Crippen LogP contribution is -2.45. The molecule has 3 rings (SSSR count). The second-order valence-electron chi connectivity index (χ2n) is 6.18. The quantitative estimate of drug-likeness (QED) is 0.865. The predicted molar refractivity (Wildman–Crippen MR) is 83.3 cm³/mol. The van der Waals surface area contributed by atoms with Gasteiger partial charge in [0.05, 0.1) is 0 Å². The van der Waals surface area contributed by atoms with Gasteiger partial charge in [0.15, 0.2) is 5.82 Å². The van der Waals surface area contributed by atoms with Crippen molar-refractivity contribution >= 4 is 0 Å². The maximum Gasteiger partial charge on any atom is 0.438 e. The van der Waals surface area contributed by atoms with E-state index in [2.05, 4.69) is 43.8 Å². The van der Waals surface area contributed by atoms with Crippen molar-refractivity contribution < 1.29 is 4.52 Å². The van der Waals surface area contributed by atoms with Gasteiger partial charge in [-0.05, 0) is 43.5 Å². The molecule has 3 N–H and O–H groups in total. The number of nitrogens with one attached hydrogen (secondary N) is 1. The Morgan fingerprint density at radius 2 is 2.00 bits per heavy atom. The maximum atomic E-state index is 11.1. The summed E-state index contributed by atoms with van der Waals surface area (Å²) in [5, 5.41) is 3.78. The highest BCUT2D eigenvalue weighted by molar-refractivity contribution is 5.14. The van der Waals surface area contributed by atoms with Crippen LogP contribution in [-0.2, 0) is 13.0 Å². The Morgan fingerprint density at radius 3 is 2.59 bits per heavy atom. The number of hydrogen-bond acceptors (Lipinski definition) is 5. The van der Waals surface area contributed by atoms with E-state index < -0.39 is 5.76 Å². The molecule has 6 heteroatoms. The molecule has 1 fully saturated rings. The Hall–Kier alpha value is -1.92. The third-order valence-corrected chi connectivity index (χ3v) is 4.63. The van der Waals surface area contributed by atoms with Gasteiger partial charge in [0.25, 0.3) is 0 Å². The summed E-state index contributed by atoms with van der Waals surface area (Å²) in [6.07, 6.45) is 2.69. The van der Waals surface area contributed by atoms with Crippen LogP contribution in [0.5, 0.6) is 0 Å². The van der Waals surface area contributed by atoms with E-state index >= 15 is 0 Å². The number of hydrogen-bond donors (Lipinski definition) is 2. The van der Waals surface area contributed by atoms with Crippen LogP contribution < -0.4 is 11.5 Å². The minimum atomic E-state index is -0.497. The largest absolute Gasteiger partial charge is 0.438 e. The fourth-order valence-corrected chi connectivity index (χ4v) is 3.17. The van der Waals surface area contributed by atoms with E-state index in [9.17, 15) is 4.79 Å². The van der Waals surface area contributed by atoms with Gasteiger partial charge < -0.3 is 5.73 Å². The number of rotatable bonds is 5. The highest BCUT2D eigenvalue weighted by atomic mass is 16.5. The van der Waals surface area contributed by atoms with Crippen molar-refractivity contribution in [2.75, 3.05) is 19.6 Å². The average molecular weight is 302 g/mol. The highest BCUT2D eigenvalue weighted by Crippen LogP contribution is 2.33. The molecule has 1 saturated heterocycles. The molecule has 6 nitrogen and oxygen atoms in total. The summed E-state index contributed by atoms with van der Waals surface area (Å²) in [5.74, 6) is 0.107. The lowest BCUT2D eigenvalue weighted by Gasteiger charge is -2.40. The van der Waals surface area contributed by atoms with E-state index in [1.807, 2.05) is 6.07 Å². The smallest absolute Gasteiger partial charge is 0.330 e. The molecule has 2 heterocycles. The molecule has 0 unspecified atom stereocenters. The first-order valence-corrected chi connectivity index (χ1v) is 7.70. The van der Waals surface area contributed by atoms with Crippen molar-refractivity contribution in [1.29, 1.82) is 0 Å². The molecule has 118 valence electrons. The van der Waals surface area contributed by atoms with Gasteiger partial charge in [0, 0.05) is 13.0 Å². The summed E-state index contributed by atoms with van der Waals surface area (Å²) >= 11 is 0. The van der Waals surface area contributed by atoms with Crippen LogP contribution in [0.25, 0.3) is 0 Å². The van der Waals surface area contributed by atoms with Gasteiger partial charge >= 0.3 is 5.76 Å². The summed E-state index contributed by atoms with van der Waals surface area (Å²) in [6, 6.07) is 10.5. The lowest BCUT2D eigenvalue weighted by atomic mass is 9.75. The van der Waals surface area contributed by atoms with Gasteiger partial charge in [-0.3, -0.25) is 14.4 Å². The molecule has 0 amide bonds. The van der Waals surface area contributed by atoms with E-state index in [1.54, 1.807) is 0 Å². The van der Waals surface area contributed by atoms with E-state index in [-0.39, 0.29) is 5.41 Å². The zero-order valence-corrected chi connectivity index (χ0v) is 12.6. The predicted octanol–water partition coefficient (Wildman–Crippen LogP) is 1.15. The Balaban J connectivity index is 1.60. The van der Waals surface area contributed by atoms with Gasteiger partial charge in [0.2, 0.25) is 0 Å². The third-order valence-electron chi connectivity index (χ3n) is 4.63. The lowest BCUT2D eigenvalue weighted by molar-refractivity contribution is 0.102. The van der Waals surface area contributed by atoms with Crippen molar-refractivity contribution in [3.63, 3.8) is 0 Å². The molecule has 0 atom stereocenters. The number of H-pyrrole nitrogens is 1. The normalized spacial score (nSPS) is 18.4. The summed E-state index contributed by atoms with van der Waals surface area (Å²) in [7, 11) is 0. The average Bonchev–Trinajstić information content (AvgIpc) is 2.95. The first kappa shape index (κ1) is 15.0. The van der Waals surface area contributed by atoms with Crippen LogP contribution in [0.2, 0.25) is 0 Å². The van der Waals surface area contributed by atoms with Gasteiger partial charge in [-0.25, -0.2) is 4.79 Å². The topological polar surface area (TPSA) is 88.1 Å². The van der Waals surface area contributed by atoms with E-state index in [1.165, 1.54) is 5.56 Å². The second-order valence-corrected chi connectivity index (χ2v) is 6.18. The Labute approximate surface area is 129 Å². The molecule has 2 aromatic rings. The molecule has 0 spiro atoms. The molecule has 22 heavy (non-hydrogen) atoms. The molecular weight excluding hydrogens is 280 g/mol. The van der Waals surface area contributed by atoms with E-state index in [0.717, 1.165) is 32.5 Å². The fraction of sp³-hybridized carbons (Fsp3) is 0.500. The van der Waals surface area contributed by atoms with Crippen LogP contribution in [0.1, 0.15) is 24.2 Å². The van der Waals surface area contributed by atoms with Crippen LogP contribution in [0, 0.1) is 5.41 Å². The molecule has 0 radical (unpaired) electrons. The zero-order chi connectivity index (χ0) is 15.4. The van der Waals surface area contributed by atoms with Crippen molar-refractivity contribution in [3.05, 3.63) is 52.3 Å². The van der Waals surface area contributed by atoms with Gasteiger partial charge in [-0.15, -0.1) is 0 Å². The Kier molecular flexibility index (Phi) is 4.40. The molecular formula is C16H22N4O2. The van der Waals surface area contributed by atoms with E-state index in [4.69, 9.17) is 5.73 Å². The summed E-state index contributed by atoms with van der Waals surface area (Å²) < 4.78 is 4.58. The first-order valence-electron chi connectivity index (χ1n) is 7.70. The monoisotopic (exact) mass is 302 g/mol. The molecule has 1 aromatic heterocycles. The second kappa shape index (κ2) is 6.46. The van der Waals surface area contributed by atoms with Crippen molar-refractivity contribution in [3.8, 4) is 0 Å². The van der Waals surface area contributed by atoms with Crippen LogP contribution in [0.15, 0.2) is 39.6 Å². The number of nitrogens with zero attached hydrogens (tertiary/aromatic N) is 2. The zero-order valence-electron chi connectivity index (χ0n) is 12.6. The van der Waals surface area contributed by atoms with Gasteiger partial charge in [-0.1, -0.05) is 35.5 Å². The molecule has 1 aliphatic rings. The number of nitrogens with two attached hydrogens (primary N) is 1. The van der Waals surface area contributed by atoms with Crippen molar-refractivity contribution in [1.82, 2.24) is 15.0 Å². The SMILES string of the molecule is NCC1(Cc2noc(=O)[nH]2)CCN(Cc2ccccc2)CC1. The number of benzene rings is 1. The molecule has 0 aliphatic carbocycles. The summed E-state index contributed by atoms with van der Waals surface area (Å²) in [4.78, 5) is 16.1. The molecule has 0 bridgehead atoms. The van der Waals surface area contributed by atoms with E-state index in [0.29, 0.717) is 18.8 Å². The Bertz CT molecular complexity index is 641. The number of likely N-dealkylation sites (tertiary alicyclic amines) is 1. The first-order chi connectivity index (χ1) is 10.7. The fourth-order valence-electron chi connectivity index (χ4n) is 3.17. The van der Waals surface area contributed by atoms with Gasteiger partial charge in [-0.2, -0.15) is 0 Å². The van der Waals surface area contributed by atoms with Crippen LogP contribution in [-0.4, -0.2) is 34.7 Å². The third kappa shape index (κ3) is 3.45. The molecule has 0 saturated carbocycles. The van der Waals surface area contributed by atoms with Crippen LogP contribution in [0.3, 0.4) is 0 Å². The minimum absolute atomic E-state index is 0.00695. The molecule has 1 aliphatic heterocycles. The van der Waals surface area contributed by atoms with Crippen molar-refractivity contribution in [2.45, 2.75) is 25.8 Å². The molecule has 1 aromatic carbocycles. The number of aromatic amines is 1. The standard InChI is InChI=1S/C16H22N4O2/c17-12-16(10-14-18-15(21)22-19-14)6-8-20(9-7-16)11-13-4-2-1-3-5-13/h1-5H,6-12,17H2,(H,18,19,21). The number of aromatic nitrogens is 2. The Morgan fingerprint density at radius 1 is 1.27 bits per heavy atom. The summed E-state index contributed by atoms with van der Waals surface area (Å²) in [5.41, 5.74) is 7.37. The van der Waals surface area contributed by atoms with Gasteiger partial charge in [0.1, 0.15) is 0 Å². The highest BCUT2D eigenvalue weighted by Gasteiger charge is 2.34. The summed E-state index contributed by atoms with van der Waals surface area (Å²) in [6.45, 7) is 3.59. The van der Waals surface area contributed by atoms with Crippen LogP contribution in [0.4, 0.5) is 0 Å². The number of piperidine rings is 1. The minimum Gasteiger partial charge on any atom is -0.330 e. The van der Waals surface area contributed by atoms with Crippen LogP contribution >= 0.6 is 0 Å². The van der Waals surface area contributed by atoms with Crippen molar-refractivity contribution in [2.24, 2.45) is 11.1 Å². The maximum absolute atomic E-state index is 11.1.